The normalized spacial score (nSPS) is 17.4. The van der Waals surface area contributed by atoms with Crippen LogP contribution in [0.4, 0.5) is 0 Å². The Morgan fingerprint density at radius 1 is 1.32 bits per heavy atom. The van der Waals surface area contributed by atoms with Gasteiger partial charge in [0.25, 0.3) is 5.91 Å². The first-order valence-corrected chi connectivity index (χ1v) is 7.20. The van der Waals surface area contributed by atoms with Crippen LogP contribution in [0.5, 0.6) is 0 Å². The Balaban J connectivity index is 2.01. The number of alkyl halides is 1. The summed E-state index contributed by atoms with van der Waals surface area (Å²) in [6.45, 7) is 0.406. The third kappa shape index (κ3) is 3.48. The molecule has 0 saturated heterocycles. The molecule has 0 spiro atoms. The molecule has 1 aliphatic carbocycles. The third-order valence-corrected chi connectivity index (χ3v) is 4.08. The van der Waals surface area contributed by atoms with E-state index in [0.29, 0.717) is 18.0 Å². The Kier molecular flexibility index (Phi) is 4.48. The summed E-state index contributed by atoms with van der Waals surface area (Å²) in [4.78, 5) is 13.9. The van der Waals surface area contributed by atoms with Crippen molar-refractivity contribution in [3.8, 4) is 0 Å². The predicted molar refractivity (Wildman–Crippen MR) is 76.4 cm³/mol. The van der Waals surface area contributed by atoms with Crippen LogP contribution in [0.15, 0.2) is 24.3 Å². The maximum Gasteiger partial charge on any atom is 0.253 e. The van der Waals surface area contributed by atoms with Gasteiger partial charge in [-0.1, -0.05) is 25.0 Å². The van der Waals surface area contributed by atoms with Gasteiger partial charge in [0.05, 0.1) is 5.60 Å². The summed E-state index contributed by atoms with van der Waals surface area (Å²) >= 11 is 5.72. The van der Waals surface area contributed by atoms with Crippen LogP contribution in [-0.4, -0.2) is 35.1 Å². The zero-order valence-corrected chi connectivity index (χ0v) is 12.0. The molecule has 0 bridgehead atoms. The molecular formula is C15H20ClNO2. The summed E-state index contributed by atoms with van der Waals surface area (Å²) in [6, 6.07) is 7.29. The molecule has 1 N–H and O–H groups in total. The number of halogens is 1. The molecule has 4 heteroatoms. The van der Waals surface area contributed by atoms with Crippen LogP contribution in [0.3, 0.4) is 0 Å². The van der Waals surface area contributed by atoms with E-state index in [0.717, 1.165) is 31.2 Å². The number of hydrogen-bond acceptors (Lipinski definition) is 2. The zero-order chi connectivity index (χ0) is 13.9. The number of rotatable bonds is 4. The highest BCUT2D eigenvalue weighted by Crippen LogP contribution is 2.30. The molecule has 1 aromatic carbocycles. The van der Waals surface area contributed by atoms with Crippen molar-refractivity contribution in [2.75, 3.05) is 13.6 Å². The van der Waals surface area contributed by atoms with Gasteiger partial charge >= 0.3 is 0 Å². The molecule has 3 nitrogen and oxygen atoms in total. The van der Waals surface area contributed by atoms with Crippen LogP contribution >= 0.6 is 11.6 Å². The molecule has 1 fully saturated rings. The fourth-order valence-electron chi connectivity index (χ4n) is 2.66. The molecule has 0 atom stereocenters. The monoisotopic (exact) mass is 281 g/mol. The van der Waals surface area contributed by atoms with Gasteiger partial charge in [-0.25, -0.2) is 0 Å². The maximum atomic E-state index is 12.3. The highest BCUT2D eigenvalue weighted by atomic mass is 35.5. The summed E-state index contributed by atoms with van der Waals surface area (Å²) in [5.74, 6) is 0.394. The standard InChI is InChI=1S/C15H20ClNO2/c1-17(11-15(19)8-2-3-9-15)14(18)13-6-4-12(10-16)5-7-13/h4-7,19H,2-3,8-11H2,1H3. The molecule has 1 amide bonds. The summed E-state index contributed by atoms with van der Waals surface area (Å²) < 4.78 is 0. The van der Waals surface area contributed by atoms with Gasteiger partial charge in [0.15, 0.2) is 0 Å². The number of amides is 1. The first kappa shape index (κ1) is 14.4. The zero-order valence-electron chi connectivity index (χ0n) is 11.2. The Bertz CT molecular complexity index is 438. The van der Waals surface area contributed by atoms with Crippen LogP contribution < -0.4 is 0 Å². The van der Waals surface area contributed by atoms with E-state index in [1.807, 2.05) is 12.1 Å². The van der Waals surface area contributed by atoms with Crippen LogP contribution in [0.2, 0.25) is 0 Å². The lowest BCUT2D eigenvalue weighted by atomic mass is 10.0. The average Bonchev–Trinajstić information content (AvgIpc) is 2.84. The van der Waals surface area contributed by atoms with Crippen molar-refractivity contribution in [2.24, 2.45) is 0 Å². The van der Waals surface area contributed by atoms with E-state index in [2.05, 4.69) is 0 Å². The summed E-state index contributed by atoms with van der Waals surface area (Å²) in [5.41, 5.74) is 0.939. The SMILES string of the molecule is CN(CC1(O)CCCC1)C(=O)c1ccc(CCl)cc1. The van der Waals surface area contributed by atoms with Crippen LogP contribution in [0.25, 0.3) is 0 Å². The van der Waals surface area contributed by atoms with Gasteiger partial charge in [0.1, 0.15) is 0 Å². The van der Waals surface area contributed by atoms with Crippen molar-refractivity contribution in [3.05, 3.63) is 35.4 Å². The van der Waals surface area contributed by atoms with Crippen molar-refractivity contribution in [1.82, 2.24) is 4.90 Å². The molecule has 1 aliphatic rings. The van der Waals surface area contributed by atoms with Gasteiger partial charge in [-0.3, -0.25) is 4.79 Å². The first-order chi connectivity index (χ1) is 9.04. The minimum atomic E-state index is -0.694. The highest BCUT2D eigenvalue weighted by Gasteiger charge is 2.33. The third-order valence-electron chi connectivity index (χ3n) is 3.77. The van der Waals surface area contributed by atoms with Gasteiger partial charge in [0, 0.05) is 25.0 Å². The van der Waals surface area contributed by atoms with Crippen molar-refractivity contribution in [3.63, 3.8) is 0 Å². The molecule has 0 aliphatic heterocycles. The lowest BCUT2D eigenvalue weighted by Gasteiger charge is -2.28. The Morgan fingerprint density at radius 3 is 2.42 bits per heavy atom. The molecule has 0 radical (unpaired) electrons. The summed E-state index contributed by atoms with van der Waals surface area (Å²) in [5, 5.41) is 10.3. The lowest BCUT2D eigenvalue weighted by molar-refractivity contribution is 0.0157. The molecule has 0 heterocycles. The second-order valence-corrected chi connectivity index (χ2v) is 5.69. The Labute approximate surface area is 119 Å². The van der Waals surface area contributed by atoms with E-state index in [4.69, 9.17) is 11.6 Å². The van der Waals surface area contributed by atoms with Gasteiger partial charge in [0.2, 0.25) is 0 Å². The molecule has 0 unspecified atom stereocenters. The van der Waals surface area contributed by atoms with E-state index in [9.17, 15) is 9.90 Å². The van der Waals surface area contributed by atoms with E-state index >= 15 is 0 Å². The average molecular weight is 282 g/mol. The van der Waals surface area contributed by atoms with Crippen molar-refractivity contribution in [1.29, 1.82) is 0 Å². The van der Waals surface area contributed by atoms with Crippen LogP contribution in [0, 0.1) is 0 Å². The lowest BCUT2D eigenvalue weighted by Crippen LogP contribution is -2.42. The second-order valence-electron chi connectivity index (χ2n) is 5.42. The van der Waals surface area contributed by atoms with Crippen molar-refractivity contribution < 1.29 is 9.90 Å². The molecule has 0 aromatic heterocycles. The van der Waals surface area contributed by atoms with Gasteiger partial charge < -0.3 is 10.0 Å². The number of carbonyl (C=O) groups is 1. The number of aliphatic hydroxyl groups is 1. The molecule has 104 valence electrons. The molecule has 1 saturated carbocycles. The molecule has 2 rings (SSSR count). The number of likely N-dealkylation sites (N-methyl/N-ethyl adjacent to an activating group) is 1. The summed E-state index contributed by atoms with van der Waals surface area (Å²) in [7, 11) is 1.74. The second kappa shape index (κ2) is 5.93. The van der Waals surface area contributed by atoms with Gasteiger partial charge in [-0.05, 0) is 30.5 Å². The fraction of sp³-hybridized carbons (Fsp3) is 0.533. The number of benzene rings is 1. The quantitative estimate of drug-likeness (QED) is 0.862. The van der Waals surface area contributed by atoms with E-state index < -0.39 is 5.60 Å². The maximum absolute atomic E-state index is 12.3. The number of nitrogens with zero attached hydrogens (tertiary/aromatic N) is 1. The fourth-order valence-corrected chi connectivity index (χ4v) is 2.84. The van der Waals surface area contributed by atoms with E-state index in [1.165, 1.54) is 0 Å². The molecular weight excluding hydrogens is 262 g/mol. The first-order valence-electron chi connectivity index (χ1n) is 6.67. The van der Waals surface area contributed by atoms with E-state index in [-0.39, 0.29) is 5.91 Å². The highest BCUT2D eigenvalue weighted by molar-refractivity contribution is 6.17. The molecule has 19 heavy (non-hydrogen) atoms. The minimum absolute atomic E-state index is 0.0542. The van der Waals surface area contributed by atoms with Gasteiger partial charge in [-0.2, -0.15) is 0 Å². The molecule has 1 aromatic rings. The Hall–Kier alpha value is -1.06. The minimum Gasteiger partial charge on any atom is -0.388 e. The Morgan fingerprint density at radius 2 is 1.89 bits per heavy atom. The van der Waals surface area contributed by atoms with Gasteiger partial charge in [-0.15, -0.1) is 11.6 Å². The van der Waals surface area contributed by atoms with Crippen molar-refractivity contribution in [2.45, 2.75) is 37.2 Å². The topological polar surface area (TPSA) is 40.5 Å². The predicted octanol–water partition coefficient (Wildman–Crippen LogP) is 2.80. The van der Waals surface area contributed by atoms with Crippen LogP contribution in [-0.2, 0) is 5.88 Å². The smallest absolute Gasteiger partial charge is 0.253 e. The van der Waals surface area contributed by atoms with Crippen molar-refractivity contribution >= 4 is 17.5 Å². The largest absolute Gasteiger partial charge is 0.388 e. The number of carbonyl (C=O) groups excluding carboxylic acids is 1. The number of hydrogen-bond donors (Lipinski definition) is 1. The summed E-state index contributed by atoms with van der Waals surface area (Å²) in [6.07, 6.45) is 3.66. The van der Waals surface area contributed by atoms with E-state index in [1.54, 1.807) is 24.1 Å². The van der Waals surface area contributed by atoms with Crippen LogP contribution in [0.1, 0.15) is 41.6 Å².